The molecule has 1 fully saturated rings. The Balaban J connectivity index is 1.93. The molecule has 0 aromatic heterocycles. The zero-order valence-electron chi connectivity index (χ0n) is 15.6. The van der Waals surface area contributed by atoms with E-state index in [1.807, 2.05) is 38.1 Å². The highest BCUT2D eigenvalue weighted by molar-refractivity contribution is 9.09. The highest BCUT2D eigenvalue weighted by atomic mass is 79.9. The summed E-state index contributed by atoms with van der Waals surface area (Å²) in [6.07, 6.45) is 0. The molecule has 2 aromatic rings. The molecule has 0 radical (unpaired) electrons. The summed E-state index contributed by atoms with van der Waals surface area (Å²) in [5.41, 5.74) is 3.56. The predicted octanol–water partition coefficient (Wildman–Crippen LogP) is 4.73. The van der Waals surface area contributed by atoms with Crippen LogP contribution in [0, 0.1) is 13.8 Å². The molecule has 0 spiro atoms. The largest absolute Gasteiger partial charge is 0.325 e. The number of Topliss-reactive ketones (excluding diaryl/α,β-unsaturated/α-hetero) is 1. The molecule has 1 aliphatic heterocycles. The van der Waals surface area contributed by atoms with Crippen molar-refractivity contribution in [2.24, 2.45) is 0 Å². The molecule has 0 aliphatic carbocycles. The summed E-state index contributed by atoms with van der Waals surface area (Å²) in [5.74, 6) is -0.171. The first kappa shape index (κ1) is 21.3. The van der Waals surface area contributed by atoms with Gasteiger partial charge in [0.2, 0.25) is 0 Å². The maximum atomic E-state index is 13.3. The van der Waals surface area contributed by atoms with Gasteiger partial charge in [-0.1, -0.05) is 62.4 Å². The van der Waals surface area contributed by atoms with Gasteiger partial charge in [0.15, 0.2) is 5.78 Å². The average Bonchev–Trinajstić information content (AvgIpc) is 2.67. The summed E-state index contributed by atoms with van der Waals surface area (Å²) in [4.78, 5) is 27.5. The Morgan fingerprint density at radius 2 is 1.79 bits per heavy atom. The van der Waals surface area contributed by atoms with Gasteiger partial charge in [-0.15, -0.1) is 0 Å². The first-order valence-corrected chi connectivity index (χ1v) is 10.8. The molecule has 1 heterocycles. The Morgan fingerprint density at radius 1 is 1.11 bits per heavy atom. The Morgan fingerprint density at radius 3 is 2.39 bits per heavy atom. The zero-order valence-corrected chi connectivity index (χ0v) is 18.7. The molecule has 148 valence electrons. The van der Waals surface area contributed by atoms with Crippen LogP contribution in [0.3, 0.4) is 0 Å². The molecular formula is C21H21BrCl2N2O2. The van der Waals surface area contributed by atoms with Gasteiger partial charge in [0.25, 0.3) is 5.91 Å². The Labute approximate surface area is 183 Å². The molecule has 1 saturated heterocycles. The second-order valence-electron chi connectivity index (χ2n) is 7.08. The Kier molecular flexibility index (Phi) is 6.81. The van der Waals surface area contributed by atoms with E-state index in [1.54, 1.807) is 17.0 Å². The minimum absolute atomic E-state index is 0.0298. The van der Waals surface area contributed by atoms with E-state index in [4.69, 9.17) is 23.2 Å². The highest BCUT2D eigenvalue weighted by Crippen LogP contribution is 2.28. The van der Waals surface area contributed by atoms with E-state index >= 15 is 0 Å². The number of aryl methyl sites for hydroxylation is 2. The molecular weight excluding hydrogens is 463 g/mol. The summed E-state index contributed by atoms with van der Waals surface area (Å²) in [6, 6.07) is 10.5. The number of benzene rings is 2. The molecule has 2 atom stereocenters. The fourth-order valence-corrected chi connectivity index (χ4v) is 4.25. The van der Waals surface area contributed by atoms with Gasteiger partial charge in [-0.05, 0) is 43.7 Å². The number of alkyl halides is 1. The third-order valence-corrected chi connectivity index (χ3v) is 6.18. The van der Waals surface area contributed by atoms with Crippen molar-refractivity contribution in [3.05, 3.63) is 68.7 Å². The standard InChI is InChI=1S/C21H21BrCl2N2O2/c1-12-5-13(2)7-15(6-12)21(28)26-11-18(25-10-19(26)20(27)9-22)14-3-4-16(23)17(24)8-14/h3-8,18-19,25H,9-11H2,1-2H3. The monoisotopic (exact) mass is 482 g/mol. The van der Waals surface area contributed by atoms with Crippen molar-refractivity contribution in [3.8, 4) is 0 Å². The summed E-state index contributed by atoms with van der Waals surface area (Å²) >= 11 is 15.4. The van der Waals surface area contributed by atoms with E-state index in [2.05, 4.69) is 21.2 Å². The predicted molar refractivity (Wildman–Crippen MR) is 117 cm³/mol. The quantitative estimate of drug-likeness (QED) is 0.639. The topological polar surface area (TPSA) is 49.4 Å². The molecule has 2 unspecified atom stereocenters. The summed E-state index contributed by atoms with van der Waals surface area (Å²) in [7, 11) is 0. The Bertz CT molecular complexity index is 899. The third kappa shape index (κ3) is 4.60. The van der Waals surface area contributed by atoms with Crippen molar-refractivity contribution in [1.82, 2.24) is 10.2 Å². The Hall–Kier alpha value is -1.40. The van der Waals surface area contributed by atoms with Gasteiger partial charge in [-0.2, -0.15) is 0 Å². The SMILES string of the molecule is Cc1cc(C)cc(C(=O)N2CC(c3ccc(Cl)c(Cl)c3)NCC2C(=O)CBr)c1. The summed E-state index contributed by atoms with van der Waals surface area (Å²) in [6.45, 7) is 4.67. The number of nitrogens with zero attached hydrogens (tertiary/aromatic N) is 1. The lowest BCUT2D eigenvalue weighted by atomic mass is 9.98. The number of hydrogen-bond donors (Lipinski definition) is 1. The number of ketones is 1. The van der Waals surface area contributed by atoms with Crippen molar-refractivity contribution in [2.45, 2.75) is 25.9 Å². The van der Waals surface area contributed by atoms with Crippen molar-refractivity contribution >= 4 is 50.8 Å². The van der Waals surface area contributed by atoms with E-state index in [1.165, 1.54) is 0 Å². The number of rotatable bonds is 4. The van der Waals surface area contributed by atoms with Gasteiger partial charge in [0.1, 0.15) is 6.04 Å². The van der Waals surface area contributed by atoms with Crippen LogP contribution in [0.2, 0.25) is 10.0 Å². The minimum Gasteiger partial charge on any atom is -0.325 e. The van der Waals surface area contributed by atoms with Crippen LogP contribution >= 0.6 is 39.1 Å². The highest BCUT2D eigenvalue weighted by Gasteiger charge is 2.36. The molecule has 4 nitrogen and oxygen atoms in total. The number of carbonyl (C=O) groups excluding carboxylic acids is 2. The van der Waals surface area contributed by atoms with Crippen LogP contribution in [0.1, 0.15) is 33.1 Å². The fraction of sp³-hybridized carbons (Fsp3) is 0.333. The molecule has 1 N–H and O–H groups in total. The van der Waals surface area contributed by atoms with Crippen LogP contribution in [0.15, 0.2) is 36.4 Å². The smallest absolute Gasteiger partial charge is 0.254 e. The van der Waals surface area contributed by atoms with E-state index in [-0.39, 0.29) is 23.1 Å². The maximum absolute atomic E-state index is 13.3. The molecule has 0 saturated carbocycles. The van der Waals surface area contributed by atoms with Crippen LogP contribution < -0.4 is 5.32 Å². The van der Waals surface area contributed by atoms with Gasteiger partial charge in [-0.3, -0.25) is 9.59 Å². The zero-order chi connectivity index (χ0) is 20.4. The first-order valence-electron chi connectivity index (χ1n) is 8.96. The lowest BCUT2D eigenvalue weighted by Crippen LogP contribution is -2.58. The summed E-state index contributed by atoms with van der Waals surface area (Å²) < 4.78 is 0. The van der Waals surface area contributed by atoms with Gasteiger partial charge in [0, 0.05) is 18.7 Å². The second kappa shape index (κ2) is 8.95. The fourth-order valence-electron chi connectivity index (χ4n) is 3.57. The molecule has 28 heavy (non-hydrogen) atoms. The van der Waals surface area contributed by atoms with Crippen LogP contribution in [-0.4, -0.2) is 41.1 Å². The lowest BCUT2D eigenvalue weighted by Gasteiger charge is -2.40. The second-order valence-corrected chi connectivity index (χ2v) is 8.46. The van der Waals surface area contributed by atoms with Gasteiger partial charge in [0.05, 0.1) is 21.4 Å². The minimum atomic E-state index is -0.522. The number of carbonyl (C=O) groups is 2. The van der Waals surface area contributed by atoms with Crippen molar-refractivity contribution < 1.29 is 9.59 Å². The molecule has 7 heteroatoms. The first-order chi connectivity index (χ1) is 13.3. The molecule has 3 rings (SSSR count). The number of hydrogen-bond acceptors (Lipinski definition) is 3. The molecule has 1 aliphatic rings. The van der Waals surface area contributed by atoms with Crippen LogP contribution in [0.5, 0.6) is 0 Å². The molecule has 1 amide bonds. The van der Waals surface area contributed by atoms with Crippen LogP contribution in [-0.2, 0) is 4.79 Å². The normalized spacial score (nSPS) is 19.5. The van der Waals surface area contributed by atoms with Gasteiger partial charge in [-0.25, -0.2) is 0 Å². The number of halogens is 3. The number of piperazine rings is 1. The average molecular weight is 484 g/mol. The van der Waals surface area contributed by atoms with E-state index in [0.717, 1.165) is 16.7 Å². The van der Waals surface area contributed by atoms with E-state index < -0.39 is 6.04 Å². The third-order valence-electron chi connectivity index (χ3n) is 4.89. The van der Waals surface area contributed by atoms with Gasteiger partial charge >= 0.3 is 0 Å². The van der Waals surface area contributed by atoms with Crippen molar-refractivity contribution in [2.75, 3.05) is 18.4 Å². The molecule has 0 bridgehead atoms. The lowest BCUT2D eigenvalue weighted by molar-refractivity contribution is -0.121. The summed E-state index contributed by atoms with van der Waals surface area (Å²) in [5, 5.41) is 4.52. The maximum Gasteiger partial charge on any atom is 0.254 e. The number of nitrogens with one attached hydrogen (secondary N) is 1. The van der Waals surface area contributed by atoms with E-state index in [0.29, 0.717) is 28.7 Å². The van der Waals surface area contributed by atoms with Crippen LogP contribution in [0.4, 0.5) is 0 Å². The van der Waals surface area contributed by atoms with Gasteiger partial charge < -0.3 is 10.2 Å². The van der Waals surface area contributed by atoms with E-state index in [9.17, 15) is 9.59 Å². The molecule has 2 aromatic carbocycles. The number of amides is 1. The van der Waals surface area contributed by atoms with Crippen molar-refractivity contribution in [3.63, 3.8) is 0 Å². The van der Waals surface area contributed by atoms with Crippen molar-refractivity contribution in [1.29, 1.82) is 0 Å². The van der Waals surface area contributed by atoms with Crippen LogP contribution in [0.25, 0.3) is 0 Å².